The molecular weight excluding hydrogens is 282 g/mol. The zero-order chi connectivity index (χ0) is 16.7. The molecule has 5 nitrogen and oxygen atoms in total. The van der Waals surface area contributed by atoms with Crippen LogP contribution in [0.25, 0.3) is 11.0 Å². The average Bonchev–Trinajstić information content (AvgIpc) is 2.82. The van der Waals surface area contributed by atoms with E-state index in [1.807, 2.05) is 52.8 Å². The molecule has 0 aliphatic heterocycles. The minimum atomic E-state index is -0.978. The van der Waals surface area contributed by atoms with Gasteiger partial charge in [-0.15, -0.1) is 0 Å². The van der Waals surface area contributed by atoms with Gasteiger partial charge < -0.3 is 14.6 Å². The number of aliphatic hydroxyl groups excluding tert-OH is 1. The zero-order valence-electron chi connectivity index (χ0n) is 13.7. The molecule has 2 N–H and O–H groups in total. The van der Waals surface area contributed by atoms with Gasteiger partial charge in [0.1, 0.15) is 11.3 Å². The first kappa shape index (κ1) is 16.4. The summed E-state index contributed by atoms with van der Waals surface area (Å²) in [4.78, 5) is 13.0. The predicted octanol–water partition coefficient (Wildman–Crippen LogP) is 4.07. The first-order valence-electron chi connectivity index (χ1n) is 7.32. The van der Waals surface area contributed by atoms with Gasteiger partial charge in [-0.1, -0.05) is 6.07 Å². The number of rotatable bonds is 3. The maximum absolute atomic E-state index is 11.6. The van der Waals surface area contributed by atoms with Crippen LogP contribution in [-0.4, -0.2) is 26.7 Å². The van der Waals surface area contributed by atoms with Crippen LogP contribution >= 0.6 is 0 Å². The second-order valence-corrected chi connectivity index (χ2v) is 6.57. The highest BCUT2D eigenvalue weighted by Crippen LogP contribution is 2.33. The molecule has 120 valence electrons. The van der Waals surface area contributed by atoms with Crippen molar-refractivity contribution >= 4 is 17.1 Å². The van der Waals surface area contributed by atoms with Gasteiger partial charge in [0.25, 0.3) is 0 Å². The van der Waals surface area contributed by atoms with E-state index in [1.165, 1.54) is 4.90 Å². The van der Waals surface area contributed by atoms with Crippen molar-refractivity contribution < 1.29 is 19.4 Å². The van der Waals surface area contributed by atoms with Gasteiger partial charge in [-0.2, -0.15) is 0 Å². The largest absolute Gasteiger partial charge is 0.465 e. The van der Waals surface area contributed by atoms with E-state index >= 15 is 0 Å². The Kier molecular flexibility index (Phi) is 4.20. The van der Waals surface area contributed by atoms with Crippen molar-refractivity contribution in [2.45, 2.75) is 52.8 Å². The van der Waals surface area contributed by atoms with Gasteiger partial charge in [-0.25, -0.2) is 4.79 Å². The normalized spacial score (nSPS) is 13.4. The molecule has 0 aliphatic carbocycles. The third kappa shape index (κ3) is 2.81. The zero-order valence-corrected chi connectivity index (χ0v) is 13.7. The van der Waals surface area contributed by atoms with Crippen molar-refractivity contribution in [2.24, 2.45) is 0 Å². The van der Waals surface area contributed by atoms with Gasteiger partial charge in [0.05, 0.1) is 12.6 Å². The number of amides is 1. The van der Waals surface area contributed by atoms with Crippen molar-refractivity contribution in [1.82, 2.24) is 4.90 Å². The van der Waals surface area contributed by atoms with Crippen LogP contribution in [0.3, 0.4) is 0 Å². The highest BCUT2D eigenvalue weighted by molar-refractivity contribution is 5.83. The summed E-state index contributed by atoms with van der Waals surface area (Å²) >= 11 is 0. The molecule has 1 aromatic heterocycles. The van der Waals surface area contributed by atoms with Gasteiger partial charge in [-0.3, -0.25) is 4.90 Å². The molecule has 1 amide bonds. The summed E-state index contributed by atoms with van der Waals surface area (Å²) in [5.41, 5.74) is 1.98. The number of aryl methyl sites for hydroxylation is 1. The van der Waals surface area contributed by atoms with Crippen LogP contribution in [0.2, 0.25) is 0 Å². The van der Waals surface area contributed by atoms with Crippen LogP contribution in [0.1, 0.15) is 50.6 Å². The lowest BCUT2D eigenvalue weighted by Gasteiger charge is -2.37. The van der Waals surface area contributed by atoms with Crippen LogP contribution in [-0.2, 0) is 6.61 Å². The lowest BCUT2D eigenvalue weighted by molar-refractivity contribution is 0.0689. The Labute approximate surface area is 130 Å². The highest BCUT2D eigenvalue weighted by Gasteiger charge is 2.33. The first-order chi connectivity index (χ1) is 10.2. The van der Waals surface area contributed by atoms with E-state index in [-0.39, 0.29) is 6.61 Å². The minimum absolute atomic E-state index is 0.0267. The van der Waals surface area contributed by atoms with Crippen LogP contribution in [0, 0.1) is 6.92 Å². The maximum atomic E-state index is 11.6. The molecule has 2 rings (SSSR count). The van der Waals surface area contributed by atoms with Gasteiger partial charge in [0.2, 0.25) is 0 Å². The minimum Gasteiger partial charge on any atom is -0.465 e. The van der Waals surface area contributed by atoms with Gasteiger partial charge in [0, 0.05) is 10.9 Å². The fraction of sp³-hybridized carbons (Fsp3) is 0.471. The Hall–Kier alpha value is -2.01. The summed E-state index contributed by atoms with van der Waals surface area (Å²) in [6.45, 7) is 9.29. The molecule has 0 saturated heterocycles. The van der Waals surface area contributed by atoms with E-state index in [0.717, 1.165) is 16.5 Å². The fourth-order valence-electron chi connectivity index (χ4n) is 2.85. The van der Waals surface area contributed by atoms with E-state index in [2.05, 4.69) is 0 Å². The number of benzene rings is 1. The van der Waals surface area contributed by atoms with Gasteiger partial charge in [0.15, 0.2) is 0 Å². The molecule has 1 aromatic carbocycles. The lowest BCUT2D eigenvalue weighted by Crippen LogP contribution is -2.46. The maximum Gasteiger partial charge on any atom is 0.408 e. The Morgan fingerprint density at radius 2 is 2.00 bits per heavy atom. The quantitative estimate of drug-likeness (QED) is 0.896. The number of furan rings is 1. The molecule has 0 bridgehead atoms. The molecule has 0 fully saturated rings. The number of fused-ring (bicyclic) bond motifs is 1. The fourth-order valence-corrected chi connectivity index (χ4v) is 2.85. The topological polar surface area (TPSA) is 73.9 Å². The SMILES string of the molecule is Cc1c(CO)ccc2oc(C(C)N(C(=O)O)C(C)(C)C)cc12. The standard InChI is InChI=1S/C17H23NO4/c1-10-12(9-19)6-7-14-13(10)8-15(22-14)11(2)18(16(20)21)17(3,4)5/h6-8,11,19H,9H2,1-5H3,(H,20,21). The molecular formula is C17H23NO4. The Balaban J connectivity index is 2.50. The molecule has 0 radical (unpaired) electrons. The number of aliphatic hydroxyl groups is 1. The Morgan fingerprint density at radius 1 is 1.36 bits per heavy atom. The van der Waals surface area contributed by atoms with Crippen molar-refractivity contribution in [3.05, 3.63) is 35.1 Å². The summed E-state index contributed by atoms with van der Waals surface area (Å²) in [5, 5.41) is 19.8. The van der Waals surface area contributed by atoms with Gasteiger partial charge >= 0.3 is 6.09 Å². The summed E-state index contributed by atoms with van der Waals surface area (Å²) < 4.78 is 5.85. The summed E-state index contributed by atoms with van der Waals surface area (Å²) in [7, 11) is 0. The molecule has 0 aliphatic rings. The molecule has 0 spiro atoms. The third-order valence-corrected chi connectivity index (χ3v) is 4.00. The number of hydrogen-bond acceptors (Lipinski definition) is 3. The lowest BCUT2D eigenvalue weighted by atomic mass is 10.0. The van der Waals surface area contributed by atoms with E-state index in [4.69, 9.17) is 4.42 Å². The molecule has 1 atom stereocenters. The van der Waals surface area contributed by atoms with Crippen molar-refractivity contribution in [1.29, 1.82) is 0 Å². The van der Waals surface area contributed by atoms with Gasteiger partial charge in [-0.05, 0) is 57.9 Å². The molecule has 5 heteroatoms. The predicted molar refractivity (Wildman–Crippen MR) is 84.9 cm³/mol. The van der Waals surface area contributed by atoms with Crippen LogP contribution in [0.5, 0.6) is 0 Å². The van der Waals surface area contributed by atoms with Crippen molar-refractivity contribution in [2.75, 3.05) is 0 Å². The summed E-state index contributed by atoms with van der Waals surface area (Å²) in [5.74, 6) is 0.602. The number of nitrogens with zero attached hydrogens (tertiary/aromatic N) is 1. The molecule has 22 heavy (non-hydrogen) atoms. The van der Waals surface area contributed by atoms with E-state index in [9.17, 15) is 15.0 Å². The summed E-state index contributed by atoms with van der Waals surface area (Å²) in [6.07, 6.45) is -0.978. The molecule has 1 unspecified atom stereocenters. The third-order valence-electron chi connectivity index (χ3n) is 4.00. The second kappa shape index (κ2) is 5.65. The Bertz CT molecular complexity index is 696. The molecule has 2 aromatic rings. The molecule has 0 saturated carbocycles. The van der Waals surface area contributed by atoms with Crippen LogP contribution < -0.4 is 0 Å². The van der Waals surface area contributed by atoms with Crippen LogP contribution in [0.15, 0.2) is 22.6 Å². The number of carbonyl (C=O) groups is 1. The van der Waals surface area contributed by atoms with E-state index in [0.29, 0.717) is 11.3 Å². The average molecular weight is 305 g/mol. The monoisotopic (exact) mass is 305 g/mol. The first-order valence-corrected chi connectivity index (χ1v) is 7.32. The number of hydrogen-bond donors (Lipinski definition) is 2. The second-order valence-electron chi connectivity index (χ2n) is 6.57. The van der Waals surface area contributed by atoms with E-state index in [1.54, 1.807) is 0 Å². The Morgan fingerprint density at radius 3 is 2.50 bits per heavy atom. The van der Waals surface area contributed by atoms with Crippen LogP contribution in [0.4, 0.5) is 4.79 Å². The van der Waals surface area contributed by atoms with E-state index < -0.39 is 17.7 Å². The number of carboxylic acid groups (broad SMARTS) is 1. The van der Waals surface area contributed by atoms with Crippen molar-refractivity contribution in [3.63, 3.8) is 0 Å². The molecule has 1 heterocycles. The van der Waals surface area contributed by atoms with Crippen molar-refractivity contribution in [3.8, 4) is 0 Å². The summed E-state index contributed by atoms with van der Waals surface area (Å²) in [6, 6.07) is 5.11. The smallest absolute Gasteiger partial charge is 0.408 e. The highest BCUT2D eigenvalue weighted by atomic mass is 16.4.